The van der Waals surface area contributed by atoms with Gasteiger partial charge in [0, 0.05) is 23.7 Å². The molecular weight excluding hydrogens is 340 g/mol. The zero-order valence-corrected chi connectivity index (χ0v) is 15.0. The Morgan fingerprint density at radius 1 is 0.962 bits per heavy atom. The van der Waals surface area contributed by atoms with Crippen LogP contribution in [0.4, 0.5) is 0 Å². The van der Waals surface area contributed by atoms with Crippen molar-refractivity contribution in [1.82, 2.24) is 10.3 Å². The van der Waals surface area contributed by atoms with Crippen LogP contribution in [0, 0.1) is 0 Å². The summed E-state index contributed by atoms with van der Waals surface area (Å²) >= 11 is 1.64. The molecule has 0 aliphatic heterocycles. The highest BCUT2D eigenvalue weighted by molar-refractivity contribution is 7.08. The highest BCUT2D eigenvalue weighted by atomic mass is 32.1. The number of pyridine rings is 1. The van der Waals surface area contributed by atoms with Gasteiger partial charge in [0.25, 0.3) is 0 Å². The molecule has 0 saturated heterocycles. The summed E-state index contributed by atoms with van der Waals surface area (Å²) in [6.07, 6.45) is 2.16. The van der Waals surface area contributed by atoms with Crippen LogP contribution in [0.2, 0.25) is 0 Å². The van der Waals surface area contributed by atoms with Crippen LogP contribution in [0.1, 0.15) is 11.1 Å². The molecule has 128 valence electrons. The minimum Gasteiger partial charge on any atom is -0.352 e. The van der Waals surface area contributed by atoms with Crippen molar-refractivity contribution in [1.29, 1.82) is 0 Å². The number of hydrogen-bond acceptors (Lipinski definition) is 3. The molecule has 2 aromatic carbocycles. The number of nitrogens with one attached hydrogen (secondary N) is 1. The molecule has 0 fully saturated rings. The Balaban J connectivity index is 1.48. The van der Waals surface area contributed by atoms with Gasteiger partial charge in [0.1, 0.15) is 0 Å². The highest BCUT2D eigenvalue weighted by Gasteiger charge is 2.10. The first-order valence-corrected chi connectivity index (χ1v) is 9.45. The van der Waals surface area contributed by atoms with E-state index < -0.39 is 0 Å². The average molecular weight is 358 g/mol. The summed E-state index contributed by atoms with van der Waals surface area (Å²) in [5, 5.41) is 9.43. The molecule has 1 N–H and O–H groups in total. The number of rotatable bonds is 5. The number of benzene rings is 2. The van der Waals surface area contributed by atoms with E-state index in [9.17, 15) is 4.79 Å². The van der Waals surface area contributed by atoms with Gasteiger partial charge in [-0.25, -0.2) is 0 Å². The standard InChI is InChI=1S/C22H18N2OS/c25-21(13-17-7-3-6-16-5-1-2-9-20(16)17)24-14-18-8-4-11-23-22(18)19-10-12-26-15-19/h1-12,15H,13-14H2,(H,24,25). The molecule has 2 aromatic heterocycles. The van der Waals surface area contributed by atoms with Gasteiger partial charge in [-0.2, -0.15) is 11.3 Å². The van der Waals surface area contributed by atoms with Gasteiger partial charge in [0.2, 0.25) is 5.91 Å². The molecular formula is C22H18N2OS. The van der Waals surface area contributed by atoms with Gasteiger partial charge in [-0.3, -0.25) is 9.78 Å². The van der Waals surface area contributed by atoms with Crippen molar-refractivity contribution >= 4 is 28.0 Å². The number of aromatic nitrogens is 1. The maximum Gasteiger partial charge on any atom is 0.224 e. The molecule has 0 atom stereocenters. The molecule has 0 bridgehead atoms. The van der Waals surface area contributed by atoms with Crippen molar-refractivity contribution in [2.24, 2.45) is 0 Å². The predicted octanol–water partition coefficient (Wildman–Crippen LogP) is 4.82. The van der Waals surface area contributed by atoms with E-state index >= 15 is 0 Å². The second-order valence-electron chi connectivity index (χ2n) is 6.11. The van der Waals surface area contributed by atoms with E-state index in [-0.39, 0.29) is 5.91 Å². The van der Waals surface area contributed by atoms with E-state index in [1.165, 1.54) is 0 Å². The Hall–Kier alpha value is -2.98. The van der Waals surface area contributed by atoms with Crippen molar-refractivity contribution in [2.75, 3.05) is 0 Å². The van der Waals surface area contributed by atoms with Crippen LogP contribution in [-0.4, -0.2) is 10.9 Å². The third-order valence-electron chi connectivity index (χ3n) is 4.39. The molecule has 0 unspecified atom stereocenters. The minimum absolute atomic E-state index is 0.0153. The van der Waals surface area contributed by atoms with Crippen molar-refractivity contribution in [3.8, 4) is 11.3 Å². The fraction of sp³-hybridized carbons (Fsp3) is 0.0909. The van der Waals surface area contributed by atoms with Gasteiger partial charge in [0.05, 0.1) is 12.1 Å². The molecule has 1 amide bonds. The second kappa shape index (κ2) is 7.50. The van der Waals surface area contributed by atoms with Crippen molar-refractivity contribution in [3.05, 3.63) is 88.7 Å². The zero-order valence-electron chi connectivity index (χ0n) is 14.2. The first-order chi connectivity index (χ1) is 12.8. The summed E-state index contributed by atoms with van der Waals surface area (Å²) in [4.78, 5) is 17.0. The molecule has 0 aliphatic rings. The zero-order chi connectivity index (χ0) is 17.8. The summed E-state index contributed by atoms with van der Waals surface area (Å²) < 4.78 is 0. The fourth-order valence-electron chi connectivity index (χ4n) is 3.12. The number of carbonyl (C=O) groups is 1. The fourth-order valence-corrected chi connectivity index (χ4v) is 3.76. The highest BCUT2D eigenvalue weighted by Crippen LogP contribution is 2.23. The lowest BCUT2D eigenvalue weighted by Gasteiger charge is -2.10. The van der Waals surface area contributed by atoms with E-state index in [1.807, 2.05) is 41.8 Å². The monoisotopic (exact) mass is 358 g/mol. The quantitative estimate of drug-likeness (QED) is 0.556. The van der Waals surface area contributed by atoms with Crippen molar-refractivity contribution < 1.29 is 4.79 Å². The first-order valence-electron chi connectivity index (χ1n) is 8.51. The maximum absolute atomic E-state index is 12.5. The van der Waals surface area contributed by atoms with Gasteiger partial charge in [-0.1, -0.05) is 48.5 Å². The summed E-state index contributed by atoms with van der Waals surface area (Å²) in [5.41, 5.74) is 4.09. The number of thiophene rings is 1. The molecule has 3 nitrogen and oxygen atoms in total. The number of carbonyl (C=O) groups excluding carboxylic acids is 1. The number of fused-ring (bicyclic) bond motifs is 1. The third-order valence-corrected chi connectivity index (χ3v) is 5.08. The van der Waals surface area contributed by atoms with Crippen LogP contribution in [0.15, 0.2) is 77.6 Å². The lowest BCUT2D eigenvalue weighted by atomic mass is 10.0. The van der Waals surface area contributed by atoms with Crippen molar-refractivity contribution in [3.63, 3.8) is 0 Å². The summed E-state index contributed by atoms with van der Waals surface area (Å²) in [6, 6.07) is 20.2. The number of hydrogen-bond donors (Lipinski definition) is 1. The number of nitrogens with zero attached hydrogens (tertiary/aromatic N) is 1. The Kier molecular flexibility index (Phi) is 4.75. The van der Waals surface area contributed by atoms with E-state index in [1.54, 1.807) is 17.5 Å². The van der Waals surface area contributed by atoms with Gasteiger partial charge in [-0.15, -0.1) is 0 Å². The Morgan fingerprint density at radius 2 is 1.81 bits per heavy atom. The predicted molar refractivity (Wildman–Crippen MR) is 107 cm³/mol. The smallest absolute Gasteiger partial charge is 0.224 e. The third kappa shape index (κ3) is 3.51. The molecule has 4 rings (SSSR count). The Morgan fingerprint density at radius 3 is 2.69 bits per heavy atom. The normalized spacial score (nSPS) is 10.8. The Labute approximate surface area is 156 Å². The van der Waals surface area contributed by atoms with E-state index in [2.05, 4.69) is 39.9 Å². The van der Waals surface area contributed by atoms with Gasteiger partial charge >= 0.3 is 0 Å². The first kappa shape index (κ1) is 16.5. The molecule has 0 saturated carbocycles. The average Bonchev–Trinajstić information content (AvgIpc) is 3.21. The van der Waals surface area contributed by atoms with Crippen LogP contribution >= 0.6 is 11.3 Å². The van der Waals surface area contributed by atoms with E-state index in [0.717, 1.165) is 33.2 Å². The topological polar surface area (TPSA) is 42.0 Å². The summed E-state index contributed by atoms with van der Waals surface area (Å²) in [7, 11) is 0. The van der Waals surface area contributed by atoms with Crippen LogP contribution in [0.5, 0.6) is 0 Å². The van der Waals surface area contributed by atoms with Gasteiger partial charge < -0.3 is 5.32 Å². The van der Waals surface area contributed by atoms with Gasteiger partial charge in [-0.05, 0) is 39.4 Å². The van der Waals surface area contributed by atoms with Crippen LogP contribution in [0.25, 0.3) is 22.0 Å². The maximum atomic E-state index is 12.5. The molecule has 26 heavy (non-hydrogen) atoms. The van der Waals surface area contributed by atoms with Crippen molar-refractivity contribution in [2.45, 2.75) is 13.0 Å². The molecule has 2 heterocycles. The lowest BCUT2D eigenvalue weighted by Crippen LogP contribution is -2.25. The molecule has 4 heteroatoms. The molecule has 0 aliphatic carbocycles. The molecule has 0 radical (unpaired) electrons. The van der Waals surface area contributed by atoms with Gasteiger partial charge in [0.15, 0.2) is 0 Å². The lowest BCUT2D eigenvalue weighted by molar-refractivity contribution is -0.120. The van der Waals surface area contributed by atoms with E-state index in [0.29, 0.717) is 13.0 Å². The Bertz CT molecular complexity index is 1040. The minimum atomic E-state index is 0.0153. The summed E-state index contributed by atoms with van der Waals surface area (Å²) in [6.45, 7) is 0.475. The largest absolute Gasteiger partial charge is 0.352 e. The summed E-state index contributed by atoms with van der Waals surface area (Å²) in [5.74, 6) is 0.0153. The molecule has 0 spiro atoms. The molecule has 4 aromatic rings. The van der Waals surface area contributed by atoms with Crippen LogP contribution in [-0.2, 0) is 17.8 Å². The van der Waals surface area contributed by atoms with Crippen LogP contribution in [0.3, 0.4) is 0 Å². The number of amides is 1. The van der Waals surface area contributed by atoms with E-state index in [4.69, 9.17) is 0 Å². The van der Waals surface area contributed by atoms with Crippen LogP contribution < -0.4 is 5.32 Å². The second-order valence-corrected chi connectivity index (χ2v) is 6.89. The SMILES string of the molecule is O=C(Cc1cccc2ccccc12)NCc1cccnc1-c1ccsc1.